The molecular weight excluding hydrogens is 278 g/mol. The number of carbonyl (C=O) groups is 1. The lowest BCUT2D eigenvalue weighted by atomic mass is 10.1. The lowest BCUT2D eigenvalue weighted by Crippen LogP contribution is -2.37. The topological polar surface area (TPSA) is 64.6 Å². The van der Waals surface area contributed by atoms with Crippen molar-refractivity contribution in [3.63, 3.8) is 0 Å². The van der Waals surface area contributed by atoms with Gasteiger partial charge in [0.05, 0.1) is 11.4 Å². The van der Waals surface area contributed by atoms with Crippen molar-refractivity contribution < 1.29 is 9.90 Å². The van der Waals surface area contributed by atoms with Crippen molar-refractivity contribution in [3.05, 3.63) is 24.3 Å². The molecule has 0 radical (unpaired) electrons. The maximum Gasteiger partial charge on any atom is 0.319 e. The molecule has 5 heteroatoms. The van der Waals surface area contributed by atoms with Crippen LogP contribution in [0.3, 0.4) is 0 Å². The maximum atomic E-state index is 12.1. The highest BCUT2D eigenvalue weighted by Gasteiger charge is 2.21. The Hall–Kier alpha value is -1.75. The minimum atomic E-state index is -0.228. The fourth-order valence-corrected chi connectivity index (χ4v) is 3.02. The Bertz CT molecular complexity index is 487. The summed E-state index contributed by atoms with van der Waals surface area (Å²) < 4.78 is 0. The molecule has 1 saturated carbocycles. The first-order chi connectivity index (χ1) is 10.6. The van der Waals surface area contributed by atoms with Crippen LogP contribution in [0.25, 0.3) is 0 Å². The molecule has 0 aliphatic heterocycles. The summed E-state index contributed by atoms with van der Waals surface area (Å²) in [6.07, 6.45) is 5.54. The molecule has 0 saturated heterocycles. The van der Waals surface area contributed by atoms with E-state index in [1.54, 1.807) is 0 Å². The number of nitrogens with one attached hydrogen (secondary N) is 2. The zero-order chi connectivity index (χ0) is 15.9. The van der Waals surface area contributed by atoms with Crippen LogP contribution in [0, 0.1) is 0 Å². The van der Waals surface area contributed by atoms with Gasteiger partial charge in [-0.3, -0.25) is 0 Å². The Balaban J connectivity index is 2.03. The van der Waals surface area contributed by atoms with Crippen molar-refractivity contribution in [1.82, 2.24) is 5.32 Å². The number of benzene rings is 1. The van der Waals surface area contributed by atoms with Gasteiger partial charge in [0.25, 0.3) is 0 Å². The molecule has 1 atom stereocenters. The van der Waals surface area contributed by atoms with Gasteiger partial charge in [0, 0.05) is 25.7 Å². The summed E-state index contributed by atoms with van der Waals surface area (Å²) in [5.41, 5.74) is 1.88. The van der Waals surface area contributed by atoms with E-state index in [-0.39, 0.29) is 18.7 Å². The van der Waals surface area contributed by atoms with E-state index in [1.807, 2.05) is 31.2 Å². The molecule has 0 spiro atoms. The first-order valence-electron chi connectivity index (χ1n) is 8.12. The van der Waals surface area contributed by atoms with Gasteiger partial charge in [-0.1, -0.05) is 25.0 Å². The number of para-hydroxylation sites is 2. The van der Waals surface area contributed by atoms with Gasteiger partial charge in [0.2, 0.25) is 0 Å². The highest BCUT2D eigenvalue weighted by molar-refractivity contribution is 5.93. The number of amides is 2. The lowest BCUT2D eigenvalue weighted by molar-refractivity contribution is 0.241. The third-order valence-electron chi connectivity index (χ3n) is 4.34. The second-order valence-electron chi connectivity index (χ2n) is 6.08. The summed E-state index contributed by atoms with van der Waals surface area (Å²) in [6.45, 7) is 1.95. The van der Waals surface area contributed by atoms with Crippen LogP contribution in [0.15, 0.2) is 24.3 Å². The molecule has 0 aromatic heterocycles. The molecule has 0 bridgehead atoms. The summed E-state index contributed by atoms with van der Waals surface area (Å²) in [7, 11) is 2.10. The number of urea groups is 1. The van der Waals surface area contributed by atoms with Crippen LogP contribution in [0.4, 0.5) is 16.2 Å². The molecule has 2 rings (SSSR count). The summed E-state index contributed by atoms with van der Waals surface area (Å²) >= 11 is 0. The van der Waals surface area contributed by atoms with E-state index in [1.165, 1.54) is 25.7 Å². The van der Waals surface area contributed by atoms with Gasteiger partial charge in [-0.05, 0) is 38.3 Å². The highest BCUT2D eigenvalue weighted by Crippen LogP contribution is 2.31. The summed E-state index contributed by atoms with van der Waals surface area (Å²) in [5, 5.41) is 14.7. The number of hydrogen-bond acceptors (Lipinski definition) is 3. The lowest BCUT2D eigenvalue weighted by Gasteiger charge is -2.28. The number of nitrogens with zero attached hydrogens (tertiary/aromatic N) is 1. The van der Waals surface area contributed by atoms with Crippen LogP contribution in [0.1, 0.15) is 39.0 Å². The number of aliphatic hydroxyl groups excluding tert-OH is 1. The zero-order valence-corrected chi connectivity index (χ0v) is 13.5. The predicted molar refractivity (Wildman–Crippen MR) is 90.4 cm³/mol. The summed E-state index contributed by atoms with van der Waals surface area (Å²) in [6, 6.07) is 8.18. The fourth-order valence-electron chi connectivity index (χ4n) is 3.02. The van der Waals surface area contributed by atoms with Gasteiger partial charge in [-0.15, -0.1) is 0 Å². The molecule has 1 aliphatic carbocycles. The molecule has 1 fully saturated rings. The van der Waals surface area contributed by atoms with Gasteiger partial charge >= 0.3 is 6.03 Å². The van der Waals surface area contributed by atoms with E-state index in [0.717, 1.165) is 11.4 Å². The Labute approximate surface area is 132 Å². The van der Waals surface area contributed by atoms with E-state index in [4.69, 9.17) is 5.11 Å². The number of anilines is 2. The normalized spacial score (nSPS) is 16.3. The largest absolute Gasteiger partial charge is 0.396 e. The molecule has 0 unspecified atom stereocenters. The van der Waals surface area contributed by atoms with Crippen LogP contribution in [-0.4, -0.2) is 36.9 Å². The van der Waals surface area contributed by atoms with Crippen LogP contribution < -0.4 is 15.5 Å². The van der Waals surface area contributed by atoms with Crippen LogP contribution in [0.2, 0.25) is 0 Å². The smallest absolute Gasteiger partial charge is 0.319 e. The monoisotopic (exact) mass is 305 g/mol. The first kappa shape index (κ1) is 16.6. The number of aliphatic hydroxyl groups is 1. The molecule has 1 aliphatic rings. The van der Waals surface area contributed by atoms with E-state index in [9.17, 15) is 4.79 Å². The van der Waals surface area contributed by atoms with E-state index in [2.05, 4.69) is 22.6 Å². The van der Waals surface area contributed by atoms with Crippen molar-refractivity contribution >= 4 is 17.4 Å². The Kier molecular flexibility index (Phi) is 6.07. The standard InChI is InChI=1S/C17H27N3O2/c1-13(11-12-21)18-17(22)19-15-9-5-6-10-16(15)20(2)14-7-3-4-8-14/h5-6,9-10,13-14,21H,3-4,7-8,11-12H2,1-2H3,(H2,18,19,22)/t13-/m1/s1. The molecule has 5 nitrogen and oxygen atoms in total. The Morgan fingerprint density at radius 3 is 2.73 bits per heavy atom. The zero-order valence-electron chi connectivity index (χ0n) is 13.5. The fraction of sp³-hybridized carbons (Fsp3) is 0.588. The highest BCUT2D eigenvalue weighted by atomic mass is 16.3. The van der Waals surface area contributed by atoms with E-state index >= 15 is 0 Å². The van der Waals surface area contributed by atoms with Crippen molar-refractivity contribution in [3.8, 4) is 0 Å². The average Bonchev–Trinajstić information content (AvgIpc) is 3.01. The molecule has 2 amide bonds. The Morgan fingerprint density at radius 1 is 1.36 bits per heavy atom. The van der Waals surface area contributed by atoms with Gasteiger partial charge in [0.1, 0.15) is 0 Å². The van der Waals surface area contributed by atoms with Crippen molar-refractivity contribution in [1.29, 1.82) is 0 Å². The number of carbonyl (C=O) groups excluding carboxylic acids is 1. The summed E-state index contributed by atoms with van der Waals surface area (Å²) in [4.78, 5) is 14.3. The van der Waals surface area contributed by atoms with Crippen molar-refractivity contribution in [2.24, 2.45) is 0 Å². The van der Waals surface area contributed by atoms with Crippen LogP contribution in [-0.2, 0) is 0 Å². The maximum absolute atomic E-state index is 12.1. The molecule has 3 N–H and O–H groups in total. The SMILES string of the molecule is C[C@H](CCO)NC(=O)Nc1ccccc1N(C)C1CCCC1. The van der Waals surface area contributed by atoms with Crippen LogP contribution >= 0.6 is 0 Å². The molecule has 0 heterocycles. The van der Waals surface area contributed by atoms with E-state index in [0.29, 0.717) is 12.5 Å². The van der Waals surface area contributed by atoms with Crippen LogP contribution in [0.5, 0.6) is 0 Å². The third kappa shape index (κ3) is 4.37. The minimum absolute atomic E-state index is 0.0512. The minimum Gasteiger partial charge on any atom is -0.396 e. The third-order valence-corrected chi connectivity index (χ3v) is 4.34. The van der Waals surface area contributed by atoms with Gasteiger partial charge < -0.3 is 20.6 Å². The van der Waals surface area contributed by atoms with Crippen molar-refractivity contribution in [2.75, 3.05) is 23.9 Å². The molecule has 22 heavy (non-hydrogen) atoms. The molecular formula is C17H27N3O2. The quantitative estimate of drug-likeness (QED) is 0.757. The van der Waals surface area contributed by atoms with Gasteiger partial charge in [0.15, 0.2) is 0 Å². The second kappa shape index (κ2) is 8.03. The second-order valence-corrected chi connectivity index (χ2v) is 6.08. The van der Waals surface area contributed by atoms with Gasteiger partial charge in [-0.25, -0.2) is 4.79 Å². The average molecular weight is 305 g/mol. The summed E-state index contributed by atoms with van der Waals surface area (Å²) in [5.74, 6) is 0. The van der Waals surface area contributed by atoms with Gasteiger partial charge in [-0.2, -0.15) is 0 Å². The number of rotatable bonds is 6. The van der Waals surface area contributed by atoms with Crippen molar-refractivity contribution in [2.45, 2.75) is 51.1 Å². The van der Waals surface area contributed by atoms with E-state index < -0.39 is 0 Å². The predicted octanol–water partition coefficient (Wildman–Crippen LogP) is 2.96. The molecule has 1 aromatic rings. The Morgan fingerprint density at radius 2 is 2.05 bits per heavy atom. The number of hydrogen-bond donors (Lipinski definition) is 3. The molecule has 122 valence electrons. The first-order valence-corrected chi connectivity index (χ1v) is 8.12. The molecule has 1 aromatic carbocycles.